The van der Waals surface area contributed by atoms with E-state index in [1.807, 2.05) is 12.1 Å². The Bertz CT molecular complexity index is 685. The molecule has 0 aliphatic rings. The van der Waals surface area contributed by atoms with Crippen LogP contribution in [-0.2, 0) is 11.0 Å². The molecule has 4 nitrogen and oxygen atoms in total. The molecule has 0 aromatic heterocycles. The summed E-state index contributed by atoms with van der Waals surface area (Å²) in [7, 11) is -4.19. The predicted molar refractivity (Wildman–Crippen MR) is 110 cm³/mol. The van der Waals surface area contributed by atoms with Crippen LogP contribution in [0.1, 0.15) is 63.9 Å². The molecule has 0 saturated carbocycles. The number of rotatable bonds is 13. The van der Waals surface area contributed by atoms with Gasteiger partial charge in [-0.2, -0.15) is 0 Å². The standard InChI is InChI=1S/C22H31O4P/c1-2-3-4-5-6-7-8-10-13-20-16-18-22(19-17-20)26-27(23,24)25-21-14-11-9-12-15-21/h9,11-12,14-19H,2-8,10,13H2,1H3,(H,23,24). The van der Waals surface area contributed by atoms with Crippen LogP contribution in [0, 0.1) is 0 Å². The number of phosphoric acid groups is 1. The van der Waals surface area contributed by atoms with Gasteiger partial charge < -0.3 is 9.05 Å². The van der Waals surface area contributed by atoms with E-state index in [2.05, 4.69) is 6.92 Å². The highest BCUT2D eigenvalue weighted by Crippen LogP contribution is 2.44. The summed E-state index contributed by atoms with van der Waals surface area (Å²) in [6, 6.07) is 15.8. The lowest BCUT2D eigenvalue weighted by Crippen LogP contribution is -1.99. The van der Waals surface area contributed by atoms with E-state index in [-0.39, 0.29) is 0 Å². The molecular weight excluding hydrogens is 359 g/mol. The Balaban J connectivity index is 1.69. The largest absolute Gasteiger partial charge is 0.584 e. The van der Waals surface area contributed by atoms with E-state index in [0.29, 0.717) is 11.5 Å². The molecule has 1 N–H and O–H groups in total. The van der Waals surface area contributed by atoms with Gasteiger partial charge in [0.2, 0.25) is 0 Å². The van der Waals surface area contributed by atoms with Gasteiger partial charge in [0.15, 0.2) is 0 Å². The van der Waals surface area contributed by atoms with Gasteiger partial charge in [0.25, 0.3) is 0 Å². The van der Waals surface area contributed by atoms with Gasteiger partial charge in [-0.3, -0.25) is 4.89 Å². The zero-order valence-electron chi connectivity index (χ0n) is 16.2. The van der Waals surface area contributed by atoms with Crippen LogP contribution in [0.25, 0.3) is 0 Å². The van der Waals surface area contributed by atoms with Gasteiger partial charge in [0.05, 0.1) is 0 Å². The van der Waals surface area contributed by atoms with Crippen molar-refractivity contribution in [2.45, 2.75) is 64.7 Å². The first-order valence-corrected chi connectivity index (χ1v) is 11.4. The summed E-state index contributed by atoms with van der Waals surface area (Å²) in [6.07, 6.45) is 11.4. The minimum Gasteiger partial charge on any atom is -0.395 e. The fraction of sp³-hybridized carbons (Fsp3) is 0.455. The molecule has 2 rings (SSSR count). The molecule has 0 saturated heterocycles. The third kappa shape index (κ3) is 9.12. The molecule has 2 aromatic carbocycles. The van der Waals surface area contributed by atoms with Gasteiger partial charge in [-0.1, -0.05) is 82.2 Å². The average molecular weight is 390 g/mol. The van der Waals surface area contributed by atoms with Crippen molar-refractivity contribution in [2.24, 2.45) is 0 Å². The quantitative estimate of drug-likeness (QED) is 0.298. The maximum absolute atomic E-state index is 12.1. The lowest BCUT2D eigenvalue weighted by atomic mass is 10.0. The van der Waals surface area contributed by atoms with E-state index in [4.69, 9.17) is 9.05 Å². The fourth-order valence-corrected chi connectivity index (χ4v) is 3.76. The normalized spacial score (nSPS) is 13.1. The first-order valence-electron chi connectivity index (χ1n) is 9.95. The molecule has 148 valence electrons. The number of aryl methyl sites for hydroxylation is 1. The molecule has 1 atom stereocenters. The van der Waals surface area contributed by atoms with Crippen molar-refractivity contribution in [3.05, 3.63) is 60.2 Å². The number of unbranched alkanes of at least 4 members (excludes halogenated alkanes) is 7. The third-order valence-electron chi connectivity index (χ3n) is 4.43. The minimum atomic E-state index is -4.19. The van der Waals surface area contributed by atoms with Crippen LogP contribution < -0.4 is 9.05 Å². The van der Waals surface area contributed by atoms with E-state index >= 15 is 0 Å². The Kier molecular flexibility index (Phi) is 9.44. The Morgan fingerprint density at radius 2 is 1.26 bits per heavy atom. The van der Waals surface area contributed by atoms with Gasteiger partial charge in [0, 0.05) is 0 Å². The Labute approximate surface area is 163 Å². The van der Waals surface area contributed by atoms with Crippen molar-refractivity contribution in [1.82, 2.24) is 0 Å². The second-order valence-electron chi connectivity index (χ2n) is 6.83. The van der Waals surface area contributed by atoms with Crippen LogP contribution in [0.15, 0.2) is 54.6 Å². The van der Waals surface area contributed by atoms with E-state index in [9.17, 15) is 9.46 Å². The van der Waals surface area contributed by atoms with Crippen molar-refractivity contribution in [2.75, 3.05) is 0 Å². The molecular formula is C22H31O4P. The summed E-state index contributed by atoms with van der Waals surface area (Å²) < 4.78 is 22.3. The molecule has 0 fully saturated rings. The van der Waals surface area contributed by atoms with E-state index in [0.717, 1.165) is 6.42 Å². The molecule has 0 aliphatic carbocycles. The third-order valence-corrected chi connectivity index (χ3v) is 5.31. The van der Waals surface area contributed by atoms with Crippen LogP contribution in [0.2, 0.25) is 0 Å². The highest BCUT2D eigenvalue weighted by Gasteiger charge is 2.24. The van der Waals surface area contributed by atoms with Crippen molar-refractivity contribution < 1.29 is 18.5 Å². The Morgan fingerprint density at radius 3 is 1.85 bits per heavy atom. The molecule has 0 amide bonds. The molecule has 2 aromatic rings. The zero-order chi connectivity index (χ0) is 19.4. The second kappa shape index (κ2) is 11.8. The number of hydrogen-bond donors (Lipinski definition) is 1. The molecule has 0 bridgehead atoms. The van der Waals surface area contributed by atoms with Gasteiger partial charge in [0.1, 0.15) is 11.5 Å². The van der Waals surface area contributed by atoms with Crippen molar-refractivity contribution in [1.29, 1.82) is 0 Å². The topological polar surface area (TPSA) is 55.8 Å². The summed E-state index contributed by atoms with van der Waals surface area (Å²) in [5.74, 6) is 0.631. The van der Waals surface area contributed by atoms with Crippen LogP contribution in [-0.4, -0.2) is 4.89 Å². The lowest BCUT2D eigenvalue weighted by Gasteiger charge is -2.14. The SMILES string of the molecule is CCCCCCCCCCc1ccc(OP(=O)(O)Oc2ccccc2)cc1. The minimum absolute atomic E-state index is 0.301. The summed E-state index contributed by atoms with van der Waals surface area (Å²) in [4.78, 5) is 9.88. The molecule has 0 radical (unpaired) electrons. The predicted octanol–water partition coefficient (Wildman–Crippen LogP) is 6.93. The first kappa shape index (κ1) is 21.5. The zero-order valence-corrected chi connectivity index (χ0v) is 17.1. The van der Waals surface area contributed by atoms with E-state index < -0.39 is 7.82 Å². The highest BCUT2D eigenvalue weighted by atomic mass is 31.2. The maximum atomic E-state index is 12.1. The van der Waals surface area contributed by atoms with Crippen molar-refractivity contribution in [3.8, 4) is 11.5 Å². The van der Waals surface area contributed by atoms with Gasteiger partial charge in [-0.05, 0) is 42.7 Å². The molecule has 27 heavy (non-hydrogen) atoms. The summed E-state index contributed by atoms with van der Waals surface area (Å²) in [5, 5.41) is 0. The smallest absolute Gasteiger partial charge is 0.395 e. The van der Waals surface area contributed by atoms with E-state index in [1.54, 1.807) is 42.5 Å². The van der Waals surface area contributed by atoms with Gasteiger partial charge >= 0.3 is 7.82 Å². The Morgan fingerprint density at radius 1 is 0.741 bits per heavy atom. The summed E-state index contributed by atoms with van der Waals surface area (Å²) >= 11 is 0. The van der Waals surface area contributed by atoms with Crippen LogP contribution >= 0.6 is 7.82 Å². The summed E-state index contributed by atoms with van der Waals surface area (Å²) in [5.41, 5.74) is 1.21. The van der Waals surface area contributed by atoms with E-state index in [1.165, 1.54) is 56.9 Å². The monoisotopic (exact) mass is 390 g/mol. The molecule has 0 spiro atoms. The number of hydrogen-bond acceptors (Lipinski definition) is 3. The number of benzene rings is 2. The highest BCUT2D eigenvalue weighted by molar-refractivity contribution is 7.48. The molecule has 5 heteroatoms. The fourth-order valence-electron chi connectivity index (χ4n) is 2.95. The van der Waals surface area contributed by atoms with Crippen LogP contribution in [0.4, 0.5) is 0 Å². The van der Waals surface area contributed by atoms with Crippen LogP contribution in [0.5, 0.6) is 11.5 Å². The van der Waals surface area contributed by atoms with Gasteiger partial charge in [-0.25, -0.2) is 4.57 Å². The summed E-state index contributed by atoms with van der Waals surface area (Å²) in [6.45, 7) is 2.24. The second-order valence-corrected chi connectivity index (χ2v) is 8.14. The molecule has 1 unspecified atom stereocenters. The maximum Gasteiger partial charge on any atom is 0.584 e. The lowest BCUT2D eigenvalue weighted by molar-refractivity contribution is 0.291. The molecule has 0 aliphatic heterocycles. The van der Waals surface area contributed by atoms with Gasteiger partial charge in [-0.15, -0.1) is 0 Å². The number of para-hydroxylation sites is 1. The average Bonchev–Trinajstić information content (AvgIpc) is 2.65. The first-order chi connectivity index (χ1) is 13.1. The van der Waals surface area contributed by atoms with Crippen LogP contribution in [0.3, 0.4) is 0 Å². The Hall–Kier alpha value is -1.77. The van der Waals surface area contributed by atoms with Crippen molar-refractivity contribution in [3.63, 3.8) is 0 Å². The number of phosphoric ester groups is 1. The molecule has 0 heterocycles. The van der Waals surface area contributed by atoms with Crippen molar-refractivity contribution >= 4 is 7.82 Å².